The highest BCUT2D eigenvalue weighted by atomic mass is 15.2. The number of anilines is 2. The molecule has 2 N–H and O–H groups in total. The van der Waals surface area contributed by atoms with Crippen LogP contribution in [-0.4, -0.2) is 31.1 Å². The van der Waals surface area contributed by atoms with Crippen molar-refractivity contribution in [2.45, 2.75) is 13.0 Å². The van der Waals surface area contributed by atoms with Gasteiger partial charge in [-0.05, 0) is 48.1 Å². The molecule has 2 heterocycles. The Labute approximate surface area is 138 Å². The summed E-state index contributed by atoms with van der Waals surface area (Å²) >= 11 is 0. The van der Waals surface area contributed by atoms with Crippen molar-refractivity contribution in [2.75, 3.05) is 36.8 Å². The van der Waals surface area contributed by atoms with Crippen molar-refractivity contribution in [1.29, 1.82) is 0 Å². The minimum Gasteiger partial charge on any atom is -0.399 e. The van der Waals surface area contributed by atoms with Crippen LogP contribution in [-0.2, 0) is 6.54 Å². The zero-order chi connectivity index (χ0) is 15.6. The first-order valence-electron chi connectivity index (χ1n) is 8.63. The summed E-state index contributed by atoms with van der Waals surface area (Å²) in [6.07, 6.45) is 1.39. The van der Waals surface area contributed by atoms with Crippen LogP contribution in [0.25, 0.3) is 0 Å². The maximum atomic E-state index is 5.81. The van der Waals surface area contributed by atoms with Gasteiger partial charge in [0.15, 0.2) is 0 Å². The largest absolute Gasteiger partial charge is 0.399 e. The number of hydrogen-bond acceptors (Lipinski definition) is 3. The molecule has 120 valence electrons. The summed E-state index contributed by atoms with van der Waals surface area (Å²) < 4.78 is 0. The lowest BCUT2D eigenvalue weighted by Gasteiger charge is -2.46. The second kappa shape index (κ2) is 6.25. The van der Waals surface area contributed by atoms with Crippen molar-refractivity contribution >= 4 is 11.4 Å². The van der Waals surface area contributed by atoms with Crippen molar-refractivity contribution in [3.05, 3.63) is 60.2 Å². The highest BCUT2D eigenvalue weighted by Gasteiger charge is 2.34. The maximum absolute atomic E-state index is 5.81. The van der Waals surface area contributed by atoms with E-state index in [4.69, 9.17) is 5.73 Å². The molecule has 0 aromatic heterocycles. The molecule has 0 amide bonds. The summed E-state index contributed by atoms with van der Waals surface area (Å²) in [5, 5.41) is 0. The van der Waals surface area contributed by atoms with E-state index in [0.29, 0.717) is 0 Å². The minimum atomic E-state index is 0.781. The van der Waals surface area contributed by atoms with E-state index < -0.39 is 0 Å². The highest BCUT2D eigenvalue weighted by molar-refractivity contribution is 5.53. The molecule has 0 spiro atoms. The number of nitrogens with zero attached hydrogens (tertiary/aromatic N) is 2. The van der Waals surface area contributed by atoms with Crippen LogP contribution in [0.5, 0.6) is 0 Å². The Morgan fingerprint density at radius 1 is 0.826 bits per heavy atom. The number of benzene rings is 2. The SMILES string of the molecule is Nc1ccc(N2CC3CC(CN(Cc4ccccc4)C3)C2)cc1. The third-order valence-electron chi connectivity index (χ3n) is 5.16. The predicted octanol–water partition coefficient (Wildman–Crippen LogP) is 3.23. The molecule has 2 aliphatic heterocycles. The van der Waals surface area contributed by atoms with Gasteiger partial charge in [0.25, 0.3) is 0 Å². The van der Waals surface area contributed by atoms with Gasteiger partial charge in [-0.3, -0.25) is 4.90 Å². The van der Waals surface area contributed by atoms with Crippen LogP contribution in [0.3, 0.4) is 0 Å². The van der Waals surface area contributed by atoms with Gasteiger partial charge in [0.2, 0.25) is 0 Å². The molecule has 0 saturated carbocycles. The van der Waals surface area contributed by atoms with Gasteiger partial charge in [0.05, 0.1) is 0 Å². The fourth-order valence-corrected chi connectivity index (χ4v) is 4.25. The van der Waals surface area contributed by atoms with Crippen molar-refractivity contribution in [1.82, 2.24) is 4.90 Å². The summed E-state index contributed by atoms with van der Waals surface area (Å²) in [5.41, 5.74) is 9.42. The smallest absolute Gasteiger partial charge is 0.0367 e. The monoisotopic (exact) mass is 307 g/mol. The maximum Gasteiger partial charge on any atom is 0.0367 e. The molecular formula is C20H25N3. The molecule has 2 aliphatic rings. The molecule has 2 aromatic rings. The number of nitrogens with two attached hydrogens (primary N) is 1. The van der Waals surface area contributed by atoms with Gasteiger partial charge in [-0.2, -0.15) is 0 Å². The predicted molar refractivity (Wildman–Crippen MR) is 96.4 cm³/mol. The lowest BCUT2D eigenvalue weighted by atomic mass is 9.84. The molecule has 2 unspecified atom stereocenters. The van der Waals surface area contributed by atoms with Gasteiger partial charge in [-0.1, -0.05) is 30.3 Å². The number of rotatable bonds is 3. The van der Waals surface area contributed by atoms with Gasteiger partial charge in [0.1, 0.15) is 0 Å². The van der Waals surface area contributed by atoms with E-state index in [1.165, 1.54) is 43.9 Å². The molecular weight excluding hydrogens is 282 g/mol. The molecule has 4 rings (SSSR count). The second-order valence-electron chi connectivity index (χ2n) is 7.14. The lowest BCUT2D eigenvalue weighted by molar-refractivity contribution is 0.103. The number of fused-ring (bicyclic) bond motifs is 2. The number of piperidine rings is 2. The van der Waals surface area contributed by atoms with Gasteiger partial charge in [0, 0.05) is 44.1 Å². The Kier molecular flexibility index (Phi) is 3.96. The van der Waals surface area contributed by atoms with Gasteiger partial charge in [-0.25, -0.2) is 0 Å². The zero-order valence-corrected chi connectivity index (χ0v) is 13.6. The average Bonchev–Trinajstić information content (AvgIpc) is 2.55. The molecule has 3 nitrogen and oxygen atoms in total. The van der Waals surface area contributed by atoms with Crippen molar-refractivity contribution in [3.8, 4) is 0 Å². The standard InChI is InChI=1S/C20H25N3/c21-19-6-8-20(9-7-19)23-14-17-10-18(15-23)13-22(12-17)11-16-4-2-1-3-5-16/h1-9,17-18H,10-15,21H2. The van der Waals surface area contributed by atoms with E-state index in [2.05, 4.69) is 52.3 Å². The first-order valence-corrected chi connectivity index (χ1v) is 8.63. The molecule has 2 aromatic carbocycles. The average molecular weight is 307 g/mol. The molecule has 0 radical (unpaired) electrons. The van der Waals surface area contributed by atoms with Gasteiger partial charge < -0.3 is 10.6 Å². The zero-order valence-electron chi connectivity index (χ0n) is 13.6. The van der Waals surface area contributed by atoms with E-state index in [-0.39, 0.29) is 0 Å². The molecule has 2 bridgehead atoms. The first kappa shape index (κ1) is 14.6. The summed E-state index contributed by atoms with van der Waals surface area (Å²) in [6.45, 7) is 5.88. The molecule has 2 atom stereocenters. The minimum absolute atomic E-state index is 0.781. The van der Waals surface area contributed by atoms with Crippen molar-refractivity contribution in [3.63, 3.8) is 0 Å². The van der Waals surface area contributed by atoms with Crippen LogP contribution in [0.4, 0.5) is 11.4 Å². The van der Waals surface area contributed by atoms with Crippen LogP contribution in [0.1, 0.15) is 12.0 Å². The second-order valence-corrected chi connectivity index (χ2v) is 7.14. The summed E-state index contributed by atoms with van der Waals surface area (Å²) in [5.74, 6) is 1.56. The molecule has 0 aliphatic carbocycles. The van der Waals surface area contributed by atoms with Crippen molar-refractivity contribution < 1.29 is 0 Å². The fraction of sp³-hybridized carbons (Fsp3) is 0.400. The van der Waals surface area contributed by atoms with E-state index in [1.54, 1.807) is 0 Å². The molecule has 3 heteroatoms. The summed E-state index contributed by atoms with van der Waals surface area (Å²) in [7, 11) is 0. The highest BCUT2D eigenvalue weighted by Crippen LogP contribution is 2.32. The Balaban J connectivity index is 1.41. The van der Waals surface area contributed by atoms with Crippen LogP contribution in [0.2, 0.25) is 0 Å². The van der Waals surface area contributed by atoms with Gasteiger partial charge in [-0.15, -0.1) is 0 Å². The summed E-state index contributed by atoms with van der Waals surface area (Å²) in [6, 6.07) is 19.2. The molecule has 23 heavy (non-hydrogen) atoms. The van der Waals surface area contributed by atoms with Crippen LogP contribution in [0, 0.1) is 11.8 Å². The first-order chi connectivity index (χ1) is 11.3. The fourth-order valence-electron chi connectivity index (χ4n) is 4.25. The molecule has 2 fully saturated rings. The van der Waals surface area contributed by atoms with E-state index in [1.807, 2.05) is 12.1 Å². The third-order valence-corrected chi connectivity index (χ3v) is 5.16. The Hall–Kier alpha value is -2.00. The number of nitrogen functional groups attached to an aromatic ring is 1. The van der Waals surface area contributed by atoms with E-state index in [0.717, 1.165) is 24.1 Å². The number of likely N-dealkylation sites (tertiary alicyclic amines) is 1. The normalized spacial score (nSPS) is 24.6. The topological polar surface area (TPSA) is 32.5 Å². The van der Waals surface area contributed by atoms with Crippen LogP contribution < -0.4 is 10.6 Å². The van der Waals surface area contributed by atoms with Crippen LogP contribution in [0.15, 0.2) is 54.6 Å². The third kappa shape index (κ3) is 3.35. The molecule has 2 saturated heterocycles. The quantitative estimate of drug-likeness (QED) is 0.884. The number of hydrogen-bond donors (Lipinski definition) is 1. The lowest BCUT2D eigenvalue weighted by Crippen LogP contribution is -2.52. The Morgan fingerprint density at radius 3 is 2.13 bits per heavy atom. The van der Waals surface area contributed by atoms with Crippen LogP contribution >= 0.6 is 0 Å². The van der Waals surface area contributed by atoms with E-state index in [9.17, 15) is 0 Å². The van der Waals surface area contributed by atoms with Gasteiger partial charge >= 0.3 is 0 Å². The Morgan fingerprint density at radius 2 is 1.48 bits per heavy atom. The Bertz CT molecular complexity index is 624. The van der Waals surface area contributed by atoms with E-state index >= 15 is 0 Å². The summed E-state index contributed by atoms with van der Waals surface area (Å²) in [4.78, 5) is 5.20. The van der Waals surface area contributed by atoms with Crippen molar-refractivity contribution in [2.24, 2.45) is 11.8 Å².